The summed E-state index contributed by atoms with van der Waals surface area (Å²) >= 11 is 0. The van der Waals surface area contributed by atoms with Crippen molar-refractivity contribution in [2.45, 2.75) is 39.0 Å². The highest BCUT2D eigenvalue weighted by Crippen LogP contribution is 2.38. The lowest BCUT2D eigenvalue weighted by molar-refractivity contribution is -0.151. The average molecular weight is 299 g/mol. The van der Waals surface area contributed by atoms with E-state index in [2.05, 4.69) is 22.5 Å². The first kappa shape index (κ1) is 17.8. The number of urea groups is 1. The van der Waals surface area contributed by atoms with Gasteiger partial charge in [0, 0.05) is 13.1 Å². The predicted molar refractivity (Wildman–Crippen MR) is 82.3 cm³/mol. The Bertz CT molecular complexity index is 350. The van der Waals surface area contributed by atoms with Crippen molar-refractivity contribution in [1.82, 2.24) is 15.5 Å². The van der Waals surface area contributed by atoms with Crippen LogP contribution in [0.15, 0.2) is 0 Å². The standard InChI is InChI=1S/C15H29N3O3/c1-12-5-7-15(8-6-12,13(19)20)11-17-14(21)16-9-4-10-18(2)3/h12H,4-11H2,1-3H3,(H,19,20)(H2,16,17,21). The molecule has 3 N–H and O–H groups in total. The molecule has 1 saturated carbocycles. The Morgan fingerprint density at radius 2 is 1.86 bits per heavy atom. The third-order valence-corrected chi connectivity index (χ3v) is 4.34. The lowest BCUT2D eigenvalue weighted by Gasteiger charge is -2.35. The molecular formula is C15H29N3O3. The molecule has 1 aliphatic carbocycles. The van der Waals surface area contributed by atoms with E-state index in [1.54, 1.807) is 0 Å². The molecule has 6 nitrogen and oxygen atoms in total. The van der Waals surface area contributed by atoms with Crippen LogP contribution in [0, 0.1) is 11.3 Å². The van der Waals surface area contributed by atoms with Gasteiger partial charge in [0.15, 0.2) is 0 Å². The lowest BCUT2D eigenvalue weighted by Crippen LogP contribution is -2.48. The third kappa shape index (κ3) is 5.91. The number of carbonyl (C=O) groups excluding carboxylic acids is 1. The van der Waals surface area contributed by atoms with E-state index in [1.165, 1.54) is 0 Å². The molecule has 1 rings (SSSR count). The van der Waals surface area contributed by atoms with E-state index < -0.39 is 11.4 Å². The summed E-state index contributed by atoms with van der Waals surface area (Å²) in [6.45, 7) is 3.88. The van der Waals surface area contributed by atoms with Gasteiger partial charge in [0.2, 0.25) is 0 Å². The number of hydrogen-bond donors (Lipinski definition) is 3. The zero-order valence-corrected chi connectivity index (χ0v) is 13.4. The normalized spacial score (nSPS) is 25.6. The molecule has 0 radical (unpaired) electrons. The van der Waals surface area contributed by atoms with Gasteiger partial charge in [0.05, 0.1) is 5.41 Å². The SMILES string of the molecule is CC1CCC(CNC(=O)NCCCN(C)C)(C(=O)O)CC1. The Morgan fingerprint density at radius 1 is 1.24 bits per heavy atom. The molecule has 0 aromatic rings. The number of carboxylic acids is 1. The summed E-state index contributed by atoms with van der Waals surface area (Å²) in [4.78, 5) is 25.3. The highest BCUT2D eigenvalue weighted by molar-refractivity contribution is 5.78. The summed E-state index contributed by atoms with van der Waals surface area (Å²) in [5, 5.41) is 15.0. The Balaban J connectivity index is 2.33. The molecule has 1 aliphatic rings. The minimum absolute atomic E-state index is 0.217. The van der Waals surface area contributed by atoms with Crippen molar-refractivity contribution < 1.29 is 14.7 Å². The Morgan fingerprint density at radius 3 is 2.38 bits per heavy atom. The Kier molecular flexibility index (Phi) is 6.95. The van der Waals surface area contributed by atoms with Crippen LogP contribution in [-0.2, 0) is 4.79 Å². The van der Waals surface area contributed by atoms with Crippen molar-refractivity contribution in [2.75, 3.05) is 33.7 Å². The van der Waals surface area contributed by atoms with Crippen LogP contribution in [0.25, 0.3) is 0 Å². The van der Waals surface area contributed by atoms with Crippen molar-refractivity contribution in [3.63, 3.8) is 0 Å². The molecule has 21 heavy (non-hydrogen) atoms. The summed E-state index contributed by atoms with van der Waals surface area (Å²) in [5.41, 5.74) is -0.784. The number of aliphatic carboxylic acids is 1. The second kappa shape index (κ2) is 8.22. The first-order valence-electron chi connectivity index (χ1n) is 7.75. The van der Waals surface area contributed by atoms with E-state index in [1.807, 2.05) is 14.1 Å². The first-order valence-corrected chi connectivity index (χ1v) is 7.75. The molecule has 0 aromatic heterocycles. The van der Waals surface area contributed by atoms with Gasteiger partial charge in [0.25, 0.3) is 0 Å². The van der Waals surface area contributed by atoms with E-state index in [4.69, 9.17) is 0 Å². The van der Waals surface area contributed by atoms with Gasteiger partial charge < -0.3 is 20.6 Å². The molecule has 0 unspecified atom stereocenters. The lowest BCUT2D eigenvalue weighted by atomic mass is 9.71. The maximum Gasteiger partial charge on any atom is 0.314 e. The van der Waals surface area contributed by atoms with Gasteiger partial charge in [-0.2, -0.15) is 0 Å². The van der Waals surface area contributed by atoms with E-state index >= 15 is 0 Å². The zero-order chi connectivity index (χ0) is 15.9. The molecule has 0 aromatic carbocycles. The van der Waals surface area contributed by atoms with Crippen molar-refractivity contribution in [1.29, 1.82) is 0 Å². The minimum Gasteiger partial charge on any atom is -0.481 e. The molecular weight excluding hydrogens is 270 g/mol. The van der Waals surface area contributed by atoms with E-state index in [0.717, 1.165) is 25.8 Å². The minimum atomic E-state index is -0.790. The average Bonchev–Trinajstić information content (AvgIpc) is 2.43. The van der Waals surface area contributed by atoms with Gasteiger partial charge in [-0.15, -0.1) is 0 Å². The summed E-state index contributed by atoms with van der Waals surface area (Å²) in [5.74, 6) is -0.209. The van der Waals surface area contributed by atoms with E-state index in [0.29, 0.717) is 25.3 Å². The van der Waals surface area contributed by atoms with Crippen molar-refractivity contribution >= 4 is 12.0 Å². The van der Waals surface area contributed by atoms with Crippen LogP contribution >= 0.6 is 0 Å². The Hall–Kier alpha value is -1.30. The molecule has 0 aliphatic heterocycles. The van der Waals surface area contributed by atoms with Gasteiger partial charge in [-0.25, -0.2) is 4.79 Å². The van der Waals surface area contributed by atoms with Gasteiger partial charge in [-0.1, -0.05) is 6.92 Å². The Labute approximate surface area is 127 Å². The maximum absolute atomic E-state index is 11.7. The predicted octanol–water partition coefficient (Wildman–Crippen LogP) is 1.52. The molecule has 0 bridgehead atoms. The quantitative estimate of drug-likeness (QED) is 0.623. The summed E-state index contributed by atoms with van der Waals surface area (Å²) < 4.78 is 0. The number of hydrogen-bond acceptors (Lipinski definition) is 3. The fraction of sp³-hybridized carbons (Fsp3) is 0.867. The first-order chi connectivity index (χ1) is 9.85. The van der Waals surface area contributed by atoms with E-state index in [-0.39, 0.29) is 12.6 Å². The molecule has 0 spiro atoms. The van der Waals surface area contributed by atoms with Crippen LogP contribution in [0.3, 0.4) is 0 Å². The van der Waals surface area contributed by atoms with Crippen molar-refractivity contribution in [3.05, 3.63) is 0 Å². The number of carbonyl (C=O) groups is 2. The van der Waals surface area contributed by atoms with Gasteiger partial charge in [-0.3, -0.25) is 4.79 Å². The van der Waals surface area contributed by atoms with Gasteiger partial charge in [0.1, 0.15) is 0 Å². The van der Waals surface area contributed by atoms with Crippen LogP contribution in [-0.4, -0.2) is 55.7 Å². The molecule has 2 amide bonds. The number of carboxylic acid groups (broad SMARTS) is 1. The van der Waals surface area contributed by atoms with Crippen molar-refractivity contribution in [2.24, 2.45) is 11.3 Å². The molecule has 6 heteroatoms. The molecule has 0 heterocycles. The van der Waals surface area contributed by atoms with E-state index in [9.17, 15) is 14.7 Å². The number of amides is 2. The van der Waals surface area contributed by atoms with Crippen molar-refractivity contribution in [3.8, 4) is 0 Å². The van der Waals surface area contributed by atoms with Crippen LogP contribution < -0.4 is 10.6 Å². The molecule has 0 saturated heterocycles. The maximum atomic E-state index is 11.7. The third-order valence-electron chi connectivity index (χ3n) is 4.34. The summed E-state index contributed by atoms with van der Waals surface area (Å²) in [6, 6.07) is -0.270. The van der Waals surface area contributed by atoms with Crippen LogP contribution in [0.1, 0.15) is 39.0 Å². The van der Waals surface area contributed by atoms with Crippen LogP contribution in [0.5, 0.6) is 0 Å². The fourth-order valence-electron chi connectivity index (χ4n) is 2.69. The monoisotopic (exact) mass is 299 g/mol. The highest BCUT2D eigenvalue weighted by atomic mass is 16.4. The van der Waals surface area contributed by atoms with Gasteiger partial charge >= 0.3 is 12.0 Å². The van der Waals surface area contributed by atoms with Gasteiger partial charge in [-0.05, 0) is 58.7 Å². The number of rotatable bonds is 7. The second-order valence-electron chi connectivity index (χ2n) is 6.53. The van der Waals surface area contributed by atoms with Crippen LogP contribution in [0.2, 0.25) is 0 Å². The molecule has 0 atom stereocenters. The topological polar surface area (TPSA) is 81.7 Å². The number of nitrogens with one attached hydrogen (secondary N) is 2. The second-order valence-corrected chi connectivity index (χ2v) is 6.53. The highest BCUT2D eigenvalue weighted by Gasteiger charge is 2.41. The summed E-state index contributed by atoms with van der Waals surface area (Å²) in [7, 11) is 3.97. The van der Waals surface area contributed by atoms with Crippen LogP contribution in [0.4, 0.5) is 4.79 Å². The number of nitrogens with zero attached hydrogens (tertiary/aromatic N) is 1. The smallest absolute Gasteiger partial charge is 0.314 e. The zero-order valence-electron chi connectivity index (χ0n) is 13.4. The fourth-order valence-corrected chi connectivity index (χ4v) is 2.69. The summed E-state index contributed by atoms with van der Waals surface area (Å²) in [6.07, 6.45) is 3.99. The largest absolute Gasteiger partial charge is 0.481 e. The molecule has 1 fully saturated rings. The molecule has 122 valence electrons.